The lowest BCUT2D eigenvalue weighted by Gasteiger charge is -2.06. The summed E-state index contributed by atoms with van der Waals surface area (Å²) in [5.41, 5.74) is 5.75. The van der Waals surface area contributed by atoms with Crippen LogP contribution in [0.25, 0.3) is 0 Å². The molecule has 0 aliphatic rings. The van der Waals surface area contributed by atoms with Gasteiger partial charge in [-0.1, -0.05) is 6.07 Å². The van der Waals surface area contributed by atoms with Crippen molar-refractivity contribution in [3.63, 3.8) is 0 Å². The van der Waals surface area contributed by atoms with Crippen LogP contribution in [0.15, 0.2) is 12.1 Å². The molecule has 3 nitrogen and oxygen atoms in total. The van der Waals surface area contributed by atoms with Gasteiger partial charge in [0, 0.05) is 6.54 Å². The quantitative estimate of drug-likeness (QED) is 0.674. The largest absolute Gasteiger partial charge is 0.316 e. The number of aryl methyl sites for hydroxylation is 2. The lowest BCUT2D eigenvalue weighted by molar-refractivity contribution is 0.161. The molecular formula is C10H12N2O. The van der Waals surface area contributed by atoms with Crippen LogP contribution < -0.4 is 5.48 Å². The molecule has 13 heavy (non-hydrogen) atoms. The summed E-state index contributed by atoms with van der Waals surface area (Å²) in [6.07, 6.45) is 0. The van der Waals surface area contributed by atoms with Crippen molar-refractivity contribution in [1.82, 2.24) is 5.48 Å². The molecule has 0 atom stereocenters. The van der Waals surface area contributed by atoms with Crippen molar-refractivity contribution >= 4 is 0 Å². The maximum atomic E-state index is 8.77. The van der Waals surface area contributed by atoms with Crippen LogP contribution in [0, 0.1) is 25.2 Å². The first kappa shape index (κ1) is 9.72. The van der Waals surface area contributed by atoms with Gasteiger partial charge >= 0.3 is 0 Å². The number of hydroxylamine groups is 1. The molecule has 1 aromatic carbocycles. The van der Waals surface area contributed by atoms with Gasteiger partial charge in [-0.3, -0.25) is 0 Å². The first-order valence-corrected chi connectivity index (χ1v) is 4.06. The van der Waals surface area contributed by atoms with Gasteiger partial charge < -0.3 is 5.21 Å². The van der Waals surface area contributed by atoms with Crippen LogP contribution in [-0.2, 0) is 6.54 Å². The molecule has 0 unspecified atom stereocenters. The highest BCUT2D eigenvalue weighted by Crippen LogP contribution is 2.14. The Bertz CT molecular complexity index is 353. The highest BCUT2D eigenvalue weighted by molar-refractivity contribution is 5.43. The summed E-state index contributed by atoms with van der Waals surface area (Å²) in [5.74, 6) is 0. The van der Waals surface area contributed by atoms with Gasteiger partial charge in [-0.05, 0) is 36.6 Å². The third-order valence-corrected chi connectivity index (χ3v) is 2.07. The van der Waals surface area contributed by atoms with E-state index in [1.165, 1.54) is 0 Å². The van der Waals surface area contributed by atoms with Gasteiger partial charge in [-0.25, -0.2) is 5.48 Å². The van der Waals surface area contributed by atoms with Crippen LogP contribution in [0.3, 0.4) is 0 Å². The molecule has 0 spiro atoms. The molecule has 0 bridgehead atoms. The Kier molecular flexibility index (Phi) is 3.02. The molecule has 1 aromatic rings. The van der Waals surface area contributed by atoms with Gasteiger partial charge in [0.15, 0.2) is 0 Å². The minimum Gasteiger partial charge on any atom is -0.316 e. The van der Waals surface area contributed by atoms with E-state index < -0.39 is 0 Å². The third kappa shape index (κ3) is 2.05. The number of rotatable bonds is 2. The summed E-state index contributed by atoms with van der Waals surface area (Å²) >= 11 is 0. The van der Waals surface area contributed by atoms with Crippen LogP contribution in [0.1, 0.15) is 22.3 Å². The number of nitrogens with zero attached hydrogens (tertiary/aromatic N) is 1. The van der Waals surface area contributed by atoms with Gasteiger partial charge in [-0.2, -0.15) is 5.26 Å². The molecule has 0 aromatic heterocycles. The normalized spacial score (nSPS) is 9.69. The molecule has 0 aliphatic heterocycles. The first-order chi connectivity index (χ1) is 6.19. The number of nitrogens with one attached hydrogen (secondary N) is 1. The molecule has 0 heterocycles. The Morgan fingerprint density at radius 3 is 2.62 bits per heavy atom. The van der Waals surface area contributed by atoms with Crippen LogP contribution >= 0.6 is 0 Å². The fourth-order valence-electron chi connectivity index (χ4n) is 1.29. The number of hydrogen-bond donors (Lipinski definition) is 2. The molecule has 68 valence electrons. The van der Waals surface area contributed by atoms with E-state index >= 15 is 0 Å². The van der Waals surface area contributed by atoms with Crippen molar-refractivity contribution in [1.29, 1.82) is 5.26 Å². The van der Waals surface area contributed by atoms with E-state index in [4.69, 9.17) is 10.5 Å². The summed E-state index contributed by atoms with van der Waals surface area (Å²) in [7, 11) is 0. The molecule has 1 rings (SSSR count). The predicted octanol–water partition coefficient (Wildman–Crippen LogP) is 1.65. The van der Waals surface area contributed by atoms with Gasteiger partial charge in [-0.15, -0.1) is 0 Å². The lowest BCUT2D eigenvalue weighted by Crippen LogP contribution is -2.08. The third-order valence-electron chi connectivity index (χ3n) is 2.07. The highest BCUT2D eigenvalue weighted by atomic mass is 16.5. The summed E-state index contributed by atoms with van der Waals surface area (Å²) < 4.78 is 0. The van der Waals surface area contributed by atoms with E-state index in [-0.39, 0.29) is 0 Å². The van der Waals surface area contributed by atoms with Gasteiger partial charge in [0.25, 0.3) is 0 Å². The Hall–Kier alpha value is -1.37. The smallest absolute Gasteiger partial charge is 0.0994 e. The van der Waals surface area contributed by atoms with E-state index in [2.05, 4.69) is 11.5 Å². The minimum absolute atomic E-state index is 0.376. The van der Waals surface area contributed by atoms with Crippen molar-refractivity contribution in [3.05, 3.63) is 34.4 Å². The molecular weight excluding hydrogens is 164 g/mol. The molecule has 3 heteroatoms. The second-order valence-electron chi connectivity index (χ2n) is 3.04. The average Bonchev–Trinajstić information content (AvgIpc) is 2.10. The van der Waals surface area contributed by atoms with Crippen molar-refractivity contribution in [2.75, 3.05) is 0 Å². The molecule has 0 radical (unpaired) electrons. The Morgan fingerprint density at radius 2 is 2.08 bits per heavy atom. The van der Waals surface area contributed by atoms with Crippen LogP contribution in [0.5, 0.6) is 0 Å². The summed E-state index contributed by atoms with van der Waals surface area (Å²) in [6.45, 7) is 4.24. The fraction of sp³-hybridized carbons (Fsp3) is 0.300. The van der Waals surface area contributed by atoms with Gasteiger partial charge in [0.2, 0.25) is 0 Å². The first-order valence-electron chi connectivity index (χ1n) is 4.06. The second-order valence-corrected chi connectivity index (χ2v) is 3.04. The Morgan fingerprint density at radius 1 is 1.38 bits per heavy atom. The zero-order chi connectivity index (χ0) is 9.84. The van der Waals surface area contributed by atoms with E-state index in [0.29, 0.717) is 12.1 Å². The molecule has 0 amide bonds. The summed E-state index contributed by atoms with van der Waals surface area (Å²) in [4.78, 5) is 0. The molecule has 0 saturated heterocycles. The topological polar surface area (TPSA) is 56.0 Å². The SMILES string of the molecule is Cc1cc(C)c(CNO)cc1C#N. The van der Waals surface area contributed by atoms with Crippen molar-refractivity contribution in [3.8, 4) is 6.07 Å². The number of benzene rings is 1. The lowest BCUT2D eigenvalue weighted by atomic mass is 10.0. The fourth-order valence-corrected chi connectivity index (χ4v) is 1.29. The zero-order valence-electron chi connectivity index (χ0n) is 7.76. The average molecular weight is 176 g/mol. The molecule has 2 N–H and O–H groups in total. The van der Waals surface area contributed by atoms with Crippen LogP contribution in [-0.4, -0.2) is 5.21 Å². The zero-order valence-corrected chi connectivity index (χ0v) is 7.76. The van der Waals surface area contributed by atoms with E-state index in [9.17, 15) is 0 Å². The van der Waals surface area contributed by atoms with Crippen LogP contribution in [0.2, 0.25) is 0 Å². The molecule has 0 aliphatic carbocycles. The maximum Gasteiger partial charge on any atom is 0.0994 e. The standard InChI is InChI=1S/C10H12N2O/c1-7-3-8(2)10(6-12-13)4-9(7)5-11/h3-4,12-13H,6H2,1-2H3. The predicted molar refractivity (Wildman–Crippen MR) is 49.3 cm³/mol. The summed E-state index contributed by atoms with van der Waals surface area (Å²) in [6, 6.07) is 5.86. The van der Waals surface area contributed by atoms with Crippen molar-refractivity contribution < 1.29 is 5.21 Å². The molecule has 0 fully saturated rings. The summed E-state index contributed by atoms with van der Waals surface area (Å²) in [5, 5.41) is 17.3. The Balaban J connectivity index is 3.16. The van der Waals surface area contributed by atoms with Crippen molar-refractivity contribution in [2.45, 2.75) is 20.4 Å². The highest BCUT2D eigenvalue weighted by Gasteiger charge is 2.03. The number of nitriles is 1. The van der Waals surface area contributed by atoms with E-state index in [0.717, 1.165) is 16.7 Å². The van der Waals surface area contributed by atoms with Crippen LogP contribution in [0.4, 0.5) is 0 Å². The minimum atomic E-state index is 0.376. The van der Waals surface area contributed by atoms with Gasteiger partial charge in [0.1, 0.15) is 0 Å². The molecule has 0 saturated carbocycles. The van der Waals surface area contributed by atoms with Gasteiger partial charge in [0.05, 0.1) is 11.6 Å². The van der Waals surface area contributed by atoms with Crippen molar-refractivity contribution in [2.24, 2.45) is 0 Å². The Labute approximate surface area is 77.6 Å². The second kappa shape index (κ2) is 4.04. The maximum absolute atomic E-state index is 8.77. The van der Waals surface area contributed by atoms with E-state index in [1.54, 1.807) is 6.07 Å². The number of hydrogen-bond acceptors (Lipinski definition) is 3. The monoisotopic (exact) mass is 176 g/mol. The van der Waals surface area contributed by atoms with E-state index in [1.807, 2.05) is 19.9 Å².